The molecule has 0 heterocycles. The summed E-state index contributed by atoms with van der Waals surface area (Å²) in [4.78, 5) is 2.53. The van der Waals surface area contributed by atoms with Gasteiger partial charge in [-0.2, -0.15) is 0 Å². The monoisotopic (exact) mass is 725 g/mol. The molecule has 1 heteroatoms. The minimum atomic E-state index is -0.435. The van der Waals surface area contributed by atoms with Gasteiger partial charge in [-0.15, -0.1) is 0 Å². The van der Waals surface area contributed by atoms with Gasteiger partial charge >= 0.3 is 0 Å². The summed E-state index contributed by atoms with van der Waals surface area (Å²) in [5.74, 6) is 0. The average Bonchev–Trinajstić information content (AvgIpc) is 3.82. The van der Waals surface area contributed by atoms with E-state index in [2.05, 4.69) is 219 Å². The maximum atomic E-state index is 2.53. The normalized spacial score (nSPS) is 14.4. The van der Waals surface area contributed by atoms with Gasteiger partial charge in [0.15, 0.2) is 0 Å². The highest BCUT2D eigenvalue weighted by Gasteiger charge is 2.51. The molecule has 3 aliphatic rings. The van der Waals surface area contributed by atoms with E-state index < -0.39 is 5.41 Å². The molecule has 0 aliphatic heterocycles. The first-order valence-corrected chi connectivity index (χ1v) is 20.1. The van der Waals surface area contributed by atoms with E-state index in [0.29, 0.717) is 0 Å². The number of rotatable bonds is 4. The lowest BCUT2D eigenvalue weighted by Crippen LogP contribution is -2.26. The van der Waals surface area contributed by atoms with Crippen LogP contribution in [0.15, 0.2) is 200 Å². The first-order valence-electron chi connectivity index (χ1n) is 20.1. The van der Waals surface area contributed by atoms with Crippen LogP contribution in [0.4, 0.5) is 17.1 Å². The lowest BCUT2D eigenvalue weighted by molar-refractivity contribution is 0.662. The molecule has 0 fully saturated rings. The molecular weight excluding hydrogens is 687 g/mol. The summed E-state index contributed by atoms with van der Waals surface area (Å²) in [6.45, 7) is 4.78. The molecule has 0 N–H and O–H groups in total. The fraction of sp³-hybridized carbons (Fsp3) is 0.0714. The van der Waals surface area contributed by atoms with E-state index in [1.165, 1.54) is 88.7 Å². The highest BCUT2D eigenvalue weighted by Crippen LogP contribution is 2.63. The second kappa shape index (κ2) is 11.8. The molecule has 9 aromatic rings. The molecule has 268 valence electrons. The van der Waals surface area contributed by atoms with Gasteiger partial charge in [-0.3, -0.25) is 0 Å². The molecule has 0 unspecified atom stereocenters. The first kappa shape index (κ1) is 32.3. The fourth-order valence-electron chi connectivity index (χ4n) is 10.9. The summed E-state index contributed by atoms with van der Waals surface area (Å²) in [5.41, 5.74) is 21.4. The Morgan fingerprint density at radius 3 is 1.53 bits per heavy atom. The zero-order valence-corrected chi connectivity index (χ0v) is 32.0. The van der Waals surface area contributed by atoms with Gasteiger partial charge in [-0.1, -0.05) is 184 Å². The van der Waals surface area contributed by atoms with Crippen LogP contribution >= 0.6 is 0 Å². The average molecular weight is 726 g/mol. The number of hydrogen-bond acceptors (Lipinski definition) is 1. The molecule has 9 aromatic carbocycles. The van der Waals surface area contributed by atoms with E-state index in [4.69, 9.17) is 0 Å². The summed E-state index contributed by atoms with van der Waals surface area (Å²) in [5, 5.41) is 2.44. The maximum absolute atomic E-state index is 2.53. The molecule has 3 aliphatic carbocycles. The Morgan fingerprint density at radius 1 is 0.351 bits per heavy atom. The van der Waals surface area contributed by atoms with Gasteiger partial charge in [-0.25, -0.2) is 0 Å². The van der Waals surface area contributed by atoms with Crippen LogP contribution in [0.1, 0.15) is 47.2 Å². The molecule has 1 spiro atoms. The molecule has 0 bridgehead atoms. The zero-order valence-electron chi connectivity index (χ0n) is 32.0. The van der Waals surface area contributed by atoms with Crippen molar-refractivity contribution in [3.05, 3.63) is 234 Å². The third-order valence-electron chi connectivity index (χ3n) is 13.2. The van der Waals surface area contributed by atoms with Gasteiger partial charge in [0, 0.05) is 22.2 Å². The molecular formula is C56H39N. The van der Waals surface area contributed by atoms with Gasteiger partial charge in [0.05, 0.1) is 11.1 Å². The summed E-state index contributed by atoms with van der Waals surface area (Å²) in [6.07, 6.45) is 0. The van der Waals surface area contributed by atoms with Crippen molar-refractivity contribution in [2.75, 3.05) is 4.90 Å². The van der Waals surface area contributed by atoms with Crippen molar-refractivity contribution in [2.24, 2.45) is 0 Å². The number of fused-ring (bicyclic) bond motifs is 14. The summed E-state index contributed by atoms with van der Waals surface area (Å²) >= 11 is 0. The SMILES string of the molecule is CC1(C)c2ccccc2-c2cc(N(c3ccc4c(c3)C3(c5ccccc5-c5ccccc53)c3ccccc3-4)c3cccc4ccccc34)cc(-c3ccccc3)c21. The lowest BCUT2D eigenvalue weighted by atomic mass is 9.70. The molecule has 0 amide bonds. The van der Waals surface area contributed by atoms with Crippen molar-refractivity contribution < 1.29 is 0 Å². The lowest BCUT2D eigenvalue weighted by Gasteiger charge is -2.33. The van der Waals surface area contributed by atoms with Crippen LogP contribution in [0.3, 0.4) is 0 Å². The van der Waals surface area contributed by atoms with Crippen LogP contribution in [-0.2, 0) is 10.8 Å². The predicted molar refractivity (Wildman–Crippen MR) is 238 cm³/mol. The first-order chi connectivity index (χ1) is 28.0. The maximum Gasteiger partial charge on any atom is 0.0726 e. The van der Waals surface area contributed by atoms with Gasteiger partial charge < -0.3 is 4.90 Å². The van der Waals surface area contributed by atoms with Crippen molar-refractivity contribution in [3.63, 3.8) is 0 Å². The van der Waals surface area contributed by atoms with Crippen LogP contribution in [0.5, 0.6) is 0 Å². The Hall–Kier alpha value is -6.96. The Kier molecular flexibility index (Phi) is 6.67. The molecule has 0 saturated heterocycles. The van der Waals surface area contributed by atoms with Crippen molar-refractivity contribution in [1.82, 2.24) is 0 Å². The Labute approximate surface area is 334 Å². The quantitative estimate of drug-likeness (QED) is 0.175. The Balaban J connectivity index is 1.18. The molecule has 57 heavy (non-hydrogen) atoms. The van der Waals surface area contributed by atoms with Crippen molar-refractivity contribution in [2.45, 2.75) is 24.7 Å². The van der Waals surface area contributed by atoms with Crippen molar-refractivity contribution in [3.8, 4) is 44.5 Å². The summed E-state index contributed by atoms with van der Waals surface area (Å²) in [6, 6.07) is 75.0. The van der Waals surface area contributed by atoms with Crippen molar-refractivity contribution in [1.29, 1.82) is 0 Å². The zero-order chi connectivity index (χ0) is 37.9. The summed E-state index contributed by atoms with van der Waals surface area (Å²) in [7, 11) is 0. The number of nitrogens with zero attached hydrogens (tertiary/aromatic N) is 1. The van der Waals surface area contributed by atoms with E-state index in [1.54, 1.807) is 0 Å². The van der Waals surface area contributed by atoms with E-state index >= 15 is 0 Å². The summed E-state index contributed by atoms with van der Waals surface area (Å²) < 4.78 is 0. The van der Waals surface area contributed by atoms with E-state index in [0.717, 1.165) is 17.1 Å². The molecule has 0 aromatic heterocycles. The van der Waals surface area contributed by atoms with Gasteiger partial charge in [0.25, 0.3) is 0 Å². The number of benzene rings is 9. The van der Waals surface area contributed by atoms with Crippen LogP contribution in [-0.4, -0.2) is 0 Å². The van der Waals surface area contributed by atoms with Gasteiger partial charge in [-0.05, 0) is 114 Å². The minimum absolute atomic E-state index is 0.158. The molecule has 0 atom stereocenters. The largest absolute Gasteiger partial charge is 0.310 e. The molecule has 1 nitrogen and oxygen atoms in total. The van der Waals surface area contributed by atoms with Crippen molar-refractivity contribution >= 4 is 27.8 Å². The van der Waals surface area contributed by atoms with Crippen LogP contribution in [0.25, 0.3) is 55.3 Å². The molecule has 12 rings (SSSR count). The second-order valence-corrected chi connectivity index (χ2v) is 16.4. The van der Waals surface area contributed by atoms with E-state index in [9.17, 15) is 0 Å². The van der Waals surface area contributed by atoms with Crippen LogP contribution in [0, 0.1) is 0 Å². The number of hydrogen-bond donors (Lipinski definition) is 0. The molecule has 0 saturated carbocycles. The third kappa shape index (κ3) is 4.29. The highest BCUT2D eigenvalue weighted by molar-refractivity contribution is 6.02. The smallest absolute Gasteiger partial charge is 0.0726 e. The Morgan fingerprint density at radius 2 is 0.860 bits per heavy atom. The standard InChI is InChI=1S/C56H39N/c1-55(2)48-26-12-8-25-44(48)47-34-39(33-46(54(47)55)37-17-4-3-5-18-37)57(53-30-16-20-36-19-6-7-21-40(36)53)38-31-32-45-43-24-11-15-29-51(43)56(52(45)35-38)49-27-13-9-22-41(49)42-23-10-14-28-50(42)56/h3-35H,1-2H3. The second-order valence-electron chi connectivity index (χ2n) is 16.4. The topological polar surface area (TPSA) is 3.24 Å². The fourth-order valence-corrected chi connectivity index (χ4v) is 10.9. The van der Waals surface area contributed by atoms with Crippen LogP contribution < -0.4 is 4.90 Å². The van der Waals surface area contributed by atoms with Crippen LogP contribution in [0.2, 0.25) is 0 Å². The van der Waals surface area contributed by atoms with E-state index in [1.807, 2.05) is 0 Å². The van der Waals surface area contributed by atoms with Gasteiger partial charge in [0.1, 0.15) is 0 Å². The van der Waals surface area contributed by atoms with E-state index in [-0.39, 0.29) is 5.41 Å². The highest BCUT2D eigenvalue weighted by atomic mass is 15.1. The third-order valence-corrected chi connectivity index (χ3v) is 13.2. The number of anilines is 3. The minimum Gasteiger partial charge on any atom is -0.310 e. The van der Waals surface area contributed by atoms with Gasteiger partial charge in [0.2, 0.25) is 0 Å². The predicted octanol–water partition coefficient (Wildman–Crippen LogP) is 14.6. The molecule has 0 radical (unpaired) electrons. The Bertz CT molecular complexity index is 3040.